The third kappa shape index (κ3) is 4.11. The SMILES string of the molecule is COc1ccc2c(c1)CN(C(=O)c1ccc(Cl)c(NS(C)(=O)=O)c1)CC2. The summed E-state index contributed by atoms with van der Waals surface area (Å²) in [6, 6.07) is 10.5. The number of anilines is 1. The molecule has 138 valence electrons. The topological polar surface area (TPSA) is 75.7 Å². The standard InChI is InChI=1S/C18H19ClN2O4S/c1-25-15-5-3-12-7-8-21(11-14(12)9-15)18(22)13-4-6-16(19)17(10-13)20-26(2,23)24/h3-6,9-10,20H,7-8,11H2,1-2H3. The van der Waals surface area contributed by atoms with Crippen molar-refractivity contribution in [2.45, 2.75) is 13.0 Å². The Bertz CT molecular complexity index is 960. The maximum Gasteiger partial charge on any atom is 0.254 e. The van der Waals surface area contributed by atoms with Gasteiger partial charge in [0, 0.05) is 18.7 Å². The zero-order chi connectivity index (χ0) is 18.9. The van der Waals surface area contributed by atoms with Crippen molar-refractivity contribution in [3.05, 3.63) is 58.1 Å². The number of hydrogen-bond acceptors (Lipinski definition) is 4. The second-order valence-electron chi connectivity index (χ2n) is 6.18. The molecule has 1 heterocycles. The summed E-state index contributed by atoms with van der Waals surface area (Å²) in [5, 5.41) is 0.237. The lowest BCUT2D eigenvalue weighted by Gasteiger charge is -2.29. The molecular weight excluding hydrogens is 376 g/mol. The van der Waals surface area contributed by atoms with Crippen LogP contribution in [0.2, 0.25) is 5.02 Å². The Balaban J connectivity index is 1.84. The van der Waals surface area contributed by atoms with Crippen LogP contribution < -0.4 is 9.46 Å². The highest BCUT2D eigenvalue weighted by molar-refractivity contribution is 7.92. The van der Waals surface area contributed by atoms with Gasteiger partial charge in [0.25, 0.3) is 5.91 Å². The monoisotopic (exact) mass is 394 g/mol. The van der Waals surface area contributed by atoms with E-state index in [-0.39, 0.29) is 16.6 Å². The molecule has 0 aliphatic carbocycles. The molecular formula is C18H19ClN2O4S. The van der Waals surface area contributed by atoms with Crippen LogP contribution in [0.4, 0.5) is 5.69 Å². The number of carbonyl (C=O) groups excluding carboxylic acids is 1. The van der Waals surface area contributed by atoms with Crippen LogP contribution in [-0.2, 0) is 23.0 Å². The number of halogens is 1. The Morgan fingerprint density at radius 1 is 1.19 bits per heavy atom. The van der Waals surface area contributed by atoms with Gasteiger partial charge in [0.05, 0.1) is 24.1 Å². The lowest BCUT2D eigenvalue weighted by Crippen LogP contribution is -2.36. The number of amides is 1. The summed E-state index contributed by atoms with van der Waals surface area (Å²) in [6.45, 7) is 1.07. The minimum atomic E-state index is -3.49. The van der Waals surface area contributed by atoms with E-state index in [1.807, 2.05) is 18.2 Å². The van der Waals surface area contributed by atoms with Crippen LogP contribution in [-0.4, -0.2) is 39.1 Å². The molecule has 8 heteroatoms. The van der Waals surface area contributed by atoms with E-state index >= 15 is 0 Å². The minimum absolute atomic E-state index is 0.174. The fraction of sp³-hybridized carbons (Fsp3) is 0.278. The van der Waals surface area contributed by atoms with Crippen molar-refractivity contribution in [1.29, 1.82) is 0 Å². The molecule has 0 saturated carbocycles. The number of fused-ring (bicyclic) bond motifs is 1. The van der Waals surface area contributed by atoms with E-state index in [9.17, 15) is 13.2 Å². The van der Waals surface area contributed by atoms with E-state index in [0.717, 1.165) is 24.0 Å². The van der Waals surface area contributed by atoms with Crippen LogP contribution >= 0.6 is 11.6 Å². The van der Waals surface area contributed by atoms with Gasteiger partial charge in [0.15, 0.2) is 0 Å². The van der Waals surface area contributed by atoms with Crippen molar-refractivity contribution >= 4 is 33.2 Å². The largest absolute Gasteiger partial charge is 0.497 e. The number of rotatable bonds is 4. The first-order valence-electron chi connectivity index (χ1n) is 7.99. The lowest BCUT2D eigenvalue weighted by atomic mass is 9.98. The highest BCUT2D eigenvalue weighted by atomic mass is 35.5. The summed E-state index contributed by atoms with van der Waals surface area (Å²) in [7, 11) is -1.88. The van der Waals surface area contributed by atoms with Crippen LogP contribution in [0.1, 0.15) is 21.5 Å². The van der Waals surface area contributed by atoms with Gasteiger partial charge in [-0.05, 0) is 47.9 Å². The first-order valence-corrected chi connectivity index (χ1v) is 10.3. The summed E-state index contributed by atoms with van der Waals surface area (Å²) < 4.78 is 30.5. The molecule has 1 N–H and O–H groups in total. The molecule has 0 spiro atoms. The quantitative estimate of drug-likeness (QED) is 0.865. The Hall–Kier alpha value is -2.25. The average molecular weight is 395 g/mol. The fourth-order valence-electron chi connectivity index (χ4n) is 2.95. The van der Waals surface area contributed by atoms with Crippen LogP contribution in [0.5, 0.6) is 5.75 Å². The highest BCUT2D eigenvalue weighted by Gasteiger charge is 2.23. The van der Waals surface area contributed by atoms with Crippen molar-refractivity contribution in [3.63, 3.8) is 0 Å². The van der Waals surface area contributed by atoms with Crippen LogP contribution in [0.3, 0.4) is 0 Å². The van der Waals surface area contributed by atoms with E-state index in [1.165, 1.54) is 17.7 Å². The number of benzene rings is 2. The molecule has 6 nitrogen and oxygen atoms in total. The first-order chi connectivity index (χ1) is 12.3. The molecule has 2 aromatic carbocycles. The second kappa shape index (κ2) is 7.17. The summed E-state index contributed by atoms with van der Waals surface area (Å²) >= 11 is 6.03. The van der Waals surface area contributed by atoms with Crippen molar-refractivity contribution in [2.24, 2.45) is 0 Å². The zero-order valence-electron chi connectivity index (χ0n) is 14.5. The van der Waals surface area contributed by atoms with Gasteiger partial charge in [-0.2, -0.15) is 0 Å². The number of nitrogens with zero attached hydrogens (tertiary/aromatic N) is 1. The molecule has 0 radical (unpaired) electrons. The maximum absolute atomic E-state index is 12.9. The molecule has 0 saturated heterocycles. The number of ether oxygens (including phenoxy) is 1. The van der Waals surface area contributed by atoms with Gasteiger partial charge < -0.3 is 9.64 Å². The molecule has 3 rings (SSSR count). The number of nitrogens with one attached hydrogen (secondary N) is 1. The normalized spacial score (nSPS) is 13.9. The molecule has 1 aliphatic heterocycles. The summed E-state index contributed by atoms with van der Waals surface area (Å²) in [4.78, 5) is 14.6. The number of methoxy groups -OCH3 is 1. The lowest BCUT2D eigenvalue weighted by molar-refractivity contribution is 0.0734. The van der Waals surface area contributed by atoms with Crippen molar-refractivity contribution in [1.82, 2.24) is 4.90 Å². The van der Waals surface area contributed by atoms with Gasteiger partial charge in [0.2, 0.25) is 10.0 Å². The van der Waals surface area contributed by atoms with Gasteiger partial charge >= 0.3 is 0 Å². The number of sulfonamides is 1. The first kappa shape index (κ1) is 18.5. The van der Waals surface area contributed by atoms with E-state index < -0.39 is 10.0 Å². The van der Waals surface area contributed by atoms with Gasteiger partial charge in [-0.1, -0.05) is 17.7 Å². The third-order valence-corrected chi connectivity index (χ3v) is 5.14. The van der Waals surface area contributed by atoms with Crippen molar-refractivity contribution in [3.8, 4) is 5.75 Å². The molecule has 1 aliphatic rings. The predicted octanol–water partition coefficient (Wildman–Crippen LogP) is 2.92. The molecule has 0 unspecified atom stereocenters. The molecule has 26 heavy (non-hydrogen) atoms. The summed E-state index contributed by atoms with van der Waals surface area (Å²) in [6.07, 6.45) is 1.79. The molecule has 0 aromatic heterocycles. The van der Waals surface area contributed by atoms with E-state index in [1.54, 1.807) is 18.1 Å². The highest BCUT2D eigenvalue weighted by Crippen LogP contribution is 2.27. The molecule has 2 aromatic rings. The number of carbonyl (C=O) groups is 1. The fourth-order valence-corrected chi connectivity index (χ4v) is 3.74. The molecule has 0 atom stereocenters. The summed E-state index contributed by atoms with van der Waals surface area (Å²) in [5.74, 6) is 0.580. The Morgan fingerprint density at radius 3 is 2.65 bits per heavy atom. The van der Waals surface area contributed by atoms with Crippen LogP contribution in [0.15, 0.2) is 36.4 Å². The zero-order valence-corrected chi connectivity index (χ0v) is 16.0. The van der Waals surface area contributed by atoms with Crippen LogP contribution in [0.25, 0.3) is 0 Å². The van der Waals surface area contributed by atoms with E-state index in [2.05, 4.69) is 4.72 Å². The molecule has 1 amide bonds. The van der Waals surface area contributed by atoms with Crippen LogP contribution in [0, 0.1) is 0 Å². The predicted molar refractivity (Wildman–Crippen MR) is 101 cm³/mol. The Kier molecular flexibility index (Phi) is 5.11. The van der Waals surface area contributed by atoms with Crippen molar-refractivity contribution < 1.29 is 17.9 Å². The minimum Gasteiger partial charge on any atom is -0.497 e. The van der Waals surface area contributed by atoms with Gasteiger partial charge in [0.1, 0.15) is 5.75 Å². The van der Waals surface area contributed by atoms with E-state index in [4.69, 9.17) is 16.3 Å². The molecule has 0 bridgehead atoms. The molecule has 0 fully saturated rings. The number of hydrogen-bond donors (Lipinski definition) is 1. The average Bonchev–Trinajstić information content (AvgIpc) is 2.60. The summed E-state index contributed by atoms with van der Waals surface area (Å²) in [5.41, 5.74) is 2.82. The Labute approximate surface area is 157 Å². The Morgan fingerprint density at radius 2 is 1.96 bits per heavy atom. The van der Waals surface area contributed by atoms with Crippen molar-refractivity contribution in [2.75, 3.05) is 24.6 Å². The third-order valence-electron chi connectivity index (χ3n) is 4.22. The van der Waals surface area contributed by atoms with Gasteiger partial charge in [-0.3, -0.25) is 9.52 Å². The van der Waals surface area contributed by atoms with Gasteiger partial charge in [-0.25, -0.2) is 8.42 Å². The smallest absolute Gasteiger partial charge is 0.254 e. The van der Waals surface area contributed by atoms with E-state index in [0.29, 0.717) is 18.7 Å². The second-order valence-corrected chi connectivity index (χ2v) is 8.34. The van der Waals surface area contributed by atoms with Gasteiger partial charge in [-0.15, -0.1) is 0 Å². The maximum atomic E-state index is 12.9.